The molecule has 0 heterocycles. The molecular weight excluding hydrogens is 434 g/mol. The van der Waals surface area contributed by atoms with Crippen LogP contribution in [0.15, 0.2) is 24.3 Å². The summed E-state index contributed by atoms with van der Waals surface area (Å²) in [5.41, 5.74) is 0.0501. The molecule has 0 bridgehead atoms. The number of hydrogen-bond acceptors (Lipinski definition) is 6. The average Bonchev–Trinajstić information content (AvgIpc) is 2.84. The van der Waals surface area contributed by atoms with Gasteiger partial charge in [0.05, 0.1) is 38.0 Å². The van der Waals surface area contributed by atoms with Crippen molar-refractivity contribution in [2.24, 2.45) is 0 Å². The Morgan fingerprint density at radius 1 is 0.588 bits per heavy atom. The van der Waals surface area contributed by atoms with Crippen LogP contribution in [0.25, 0.3) is 0 Å². The van der Waals surface area contributed by atoms with E-state index in [4.69, 9.17) is 18.9 Å². The molecule has 0 aromatic heterocycles. The minimum absolute atomic E-state index is 0.0501. The van der Waals surface area contributed by atoms with E-state index in [9.17, 15) is 10.1 Å². The molecule has 1 rings (SSSR count). The first-order chi connectivity index (χ1) is 16.7. The Labute approximate surface area is 206 Å². The van der Waals surface area contributed by atoms with Crippen LogP contribution >= 0.6 is 0 Å². The van der Waals surface area contributed by atoms with E-state index in [-0.39, 0.29) is 5.69 Å². The maximum absolute atomic E-state index is 10.6. The van der Waals surface area contributed by atoms with E-state index >= 15 is 0 Å². The second-order valence-corrected chi connectivity index (χ2v) is 8.68. The van der Waals surface area contributed by atoms with Crippen LogP contribution in [0, 0.1) is 10.1 Å². The van der Waals surface area contributed by atoms with E-state index in [0.717, 1.165) is 13.0 Å². The number of nitro groups is 1. The number of unbranched alkanes of at least 4 members (excludes halogenated alkanes) is 12. The van der Waals surface area contributed by atoms with Crippen LogP contribution in [0.5, 0.6) is 5.75 Å². The number of nitrogens with zero attached hydrogens (tertiary/aromatic N) is 1. The van der Waals surface area contributed by atoms with Crippen molar-refractivity contribution in [3.05, 3.63) is 34.4 Å². The molecule has 0 saturated heterocycles. The number of rotatable bonds is 25. The molecule has 0 radical (unpaired) electrons. The molecule has 0 atom stereocenters. The monoisotopic (exact) mass is 481 g/mol. The van der Waals surface area contributed by atoms with Gasteiger partial charge in [-0.05, 0) is 18.6 Å². The minimum Gasteiger partial charge on any atom is -0.491 e. The fourth-order valence-corrected chi connectivity index (χ4v) is 3.65. The quantitative estimate of drug-likeness (QED) is 0.0840. The summed E-state index contributed by atoms with van der Waals surface area (Å²) in [6, 6.07) is 6.01. The van der Waals surface area contributed by atoms with Gasteiger partial charge in [0, 0.05) is 18.7 Å². The van der Waals surface area contributed by atoms with Crippen LogP contribution < -0.4 is 4.74 Å². The lowest BCUT2D eigenvalue weighted by atomic mass is 10.0. The smallest absolute Gasteiger partial charge is 0.269 e. The SMILES string of the molecule is CCCCCCCCCCCCCCCOCCOCCOCCOc1ccc([N+](=O)[O-])cc1. The van der Waals surface area contributed by atoms with Crippen molar-refractivity contribution in [2.75, 3.05) is 46.2 Å². The average molecular weight is 482 g/mol. The molecule has 0 fully saturated rings. The van der Waals surface area contributed by atoms with E-state index in [2.05, 4.69) is 6.92 Å². The van der Waals surface area contributed by atoms with Gasteiger partial charge in [-0.3, -0.25) is 10.1 Å². The van der Waals surface area contributed by atoms with Gasteiger partial charge in [0.2, 0.25) is 0 Å². The Morgan fingerprint density at radius 2 is 1.00 bits per heavy atom. The molecule has 1 aromatic rings. The Balaban J connectivity index is 1.71. The van der Waals surface area contributed by atoms with Gasteiger partial charge < -0.3 is 18.9 Å². The first-order valence-corrected chi connectivity index (χ1v) is 13.3. The topological polar surface area (TPSA) is 80.1 Å². The predicted molar refractivity (Wildman–Crippen MR) is 137 cm³/mol. The standard InChI is InChI=1S/C27H47NO6/c1-2-3-4-5-6-7-8-9-10-11-12-13-14-19-31-20-21-32-22-23-33-24-25-34-27-17-15-26(16-18-27)28(29)30/h15-18H,2-14,19-25H2,1H3. The van der Waals surface area contributed by atoms with Crippen molar-refractivity contribution in [3.63, 3.8) is 0 Å². The van der Waals surface area contributed by atoms with Crippen molar-refractivity contribution in [1.29, 1.82) is 0 Å². The van der Waals surface area contributed by atoms with Gasteiger partial charge in [0.1, 0.15) is 12.4 Å². The molecule has 0 aliphatic carbocycles. The van der Waals surface area contributed by atoms with Crippen molar-refractivity contribution >= 4 is 5.69 Å². The van der Waals surface area contributed by atoms with E-state index in [1.165, 1.54) is 89.2 Å². The lowest BCUT2D eigenvalue weighted by molar-refractivity contribution is -0.384. The second-order valence-electron chi connectivity index (χ2n) is 8.68. The lowest BCUT2D eigenvalue weighted by Crippen LogP contribution is -2.13. The fourth-order valence-electron chi connectivity index (χ4n) is 3.65. The summed E-state index contributed by atoms with van der Waals surface area (Å²) in [5.74, 6) is 0.589. The molecule has 0 N–H and O–H groups in total. The number of ether oxygens (including phenoxy) is 4. The highest BCUT2D eigenvalue weighted by atomic mass is 16.6. The van der Waals surface area contributed by atoms with Crippen LogP contribution in [-0.4, -0.2) is 51.2 Å². The molecule has 0 saturated carbocycles. The Kier molecular flexibility index (Phi) is 20.6. The maximum Gasteiger partial charge on any atom is 0.269 e. The molecule has 0 aliphatic rings. The maximum atomic E-state index is 10.6. The highest BCUT2D eigenvalue weighted by Gasteiger charge is 2.04. The van der Waals surface area contributed by atoms with Crippen LogP contribution in [0.2, 0.25) is 0 Å². The van der Waals surface area contributed by atoms with Gasteiger partial charge in [-0.15, -0.1) is 0 Å². The van der Waals surface area contributed by atoms with Gasteiger partial charge in [-0.2, -0.15) is 0 Å². The Bertz CT molecular complexity index is 581. The summed E-state index contributed by atoms with van der Waals surface area (Å²) in [6.07, 6.45) is 17.7. The van der Waals surface area contributed by atoms with Gasteiger partial charge in [0.15, 0.2) is 0 Å². The van der Waals surface area contributed by atoms with Crippen molar-refractivity contribution in [2.45, 2.75) is 90.4 Å². The molecule has 0 spiro atoms. The Hall–Kier alpha value is -1.70. The highest BCUT2D eigenvalue weighted by molar-refractivity contribution is 5.35. The van der Waals surface area contributed by atoms with Gasteiger partial charge in [-0.1, -0.05) is 84.0 Å². The number of benzene rings is 1. The molecule has 7 heteroatoms. The molecule has 1 aromatic carbocycles. The minimum atomic E-state index is -0.433. The normalized spacial score (nSPS) is 11.1. The lowest BCUT2D eigenvalue weighted by Gasteiger charge is -2.08. The first-order valence-electron chi connectivity index (χ1n) is 13.3. The number of hydrogen-bond donors (Lipinski definition) is 0. The zero-order valence-corrected chi connectivity index (χ0v) is 21.3. The first kappa shape index (κ1) is 30.3. The summed E-state index contributed by atoms with van der Waals surface area (Å²) in [7, 11) is 0. The summed E-state index contributed by atoms with van der Waals surface area (Å²) < 4.78 is 22.0. The molecule has 0 unspecified atom stereocenters. The molecule has 34 heavy (non-hydrogen) atoms. The van der Waals surface area contributed by atoms with Crippen LogP contribution in [0.4, 0.5) is 5.69 Å². The van der Waals surface area contributed by atoms with Gasteiger partial charge in [0.25, 0.3) is 5.69 Å². The highest BCUT2D eigenvalue weighted by Crippen LogP contribution is 2.17. The van der Waals surface area contributed by atoms with Crippen LogP contribution in [0.1, 0.15) is 90.4 Å². The van der Waals surface area contributed by atoms with E-state index < -0.39 is 4.92 Å². The van der Waals surface area contributed by atoms with Gasteiger partial charge >= 0.3 is 0 Å². The third-order valence-electron chi connectivity index (χ3n) is 5.68. The van der Waals surface area contributed by atoms with E-state index in [0.29, 0.717) is 45.4 Å². The van der Waals surface area contributed by atoms with Gasteiger partial charge in [-0.25, -0.2) is 0 Å². The molecule has 7 nitrogen and oxygen atoms in total. The number of nitro benzene ring substituents is 1. The molecular formula is C27H47NO6. The summed E-state index contributed by atoms with van der Waals surface area (Å²) in [6.45, 7) is 6.16. The summed E-state index contributed by atoms with van der Waals surface area (Å²) in [5, 5.41) is 10.6. The summed E-state index contributed by atoms with van der Waals surface area (Å²) >= 11 is 0. The molecule has 196 valence electrons. The van der Waals surface area contributed by atoms with E-state index in [1.807, 2.05) is 0 Å². The summed E-state index contributed by atoms with van der Waals surface area (Å²) in [4.78, 5) is 10.2. The Morgan fingerprint density at radius 3 is 1.47 bits per heavy atom. The van der Waals surface area contributed by atoms with Crippen molar-refractivity contribution in [3.8, 4) is 5.75 Å². The zero-order chi connectivity index (χ0) is 24.5. The third-order valence-corrected chi connectivity index (χ3v) is 5.68. The zero-order valence-electron chi connectivity index (χ0n) is 21.3. The fraction of sp³-hybridized carbons (Fsp3) is 0.778. The molecule has 0 amide bonds. The number of non-ortho nitro benzene ring substituents is 1. The van der Waals surface area contributed by atoms with Crippen molar-refractivity contribution < 1.29 is 23.9 Å². The largest absolute Gasteiger partial charge is 0.491 e. The van der Waals surface area contributed by atoms with Crippen LogP contribution in [0.3, 0.4) is 0 Å². The molecule has 0 aliphatic heterocycles. The second kappa shape index (κ2) is 23.1. The predicted octanol–water partition coefficient (Wildman–Crippen LogP) is 7.11. The third kappa shape index (κ3) is 18.7. The van der Waals surface area contributed by atoms with Crippen LogP contribution in [-0.2, 0) is 14.2 Å². The van der Waals surface area contributed by atoms with E-state index in [1.54, 1.807) is 12.1 Å². The van der Waals surface area contributed by atoms with Crippen molar-refractivity contribution in [1.82, 2.24) is 0 Å².